The second-order valence-corrected chi connectivity index (χ2v) is 7.08. The number of carbonyl (C=O) groups excluding carboxylic acids is 1. The van der Waals surface area contributed by atoms with Gasteiger partial charge >= 0.3 is 0 Å². The highest BCUT2D eigenvalue weighted by Gasteiger charge is 2.22. The molecule has 1 atom stereocenters. The van der Waals surface area contributed by atoms with Gasteiger partial charge in [0.05, 0.1) is 11.9 Å². The van der Waals surface area contributed by atoms with Crippen molar-refractivity contribution in [2.24, 2.45) is 0 Å². The van der Waals surface area contributed by atoms with E-state index in [1.165, 1.54) is 5.56 Å². The van der Waals surface area contributed by atoms with Crippen LogP contribution in [0.3, 0.4) is 0 Å². The van der Waals surface area contributed by atoms with Crippen molar-refractivity contribution in [2.45, 2.75) is 25.4 Å². The van der Waals surface area contributed by atoms with E-state index in [9.17, 15) is 4.79 Å². The van der Waals surface area contributed by atoms with Gasteiger partial charge in [-0.05, 0) is 43.1 Å². The summed E-state index contributed by atoms with van der Waals surface area (Å²) in [4.78, 5) is 27.8. The predicted octanol–water partition coefficient (Wildman–Crippen LogP) is 2.93. The summed E-state index contributed by atoms with van der Waals surface area (Å²) in [6.07, 6.45) is 10.8. The Morgan fingerprint density at radius 3 is 2.86 bits per heavy atom. The molecule has 28 heavy (non-hydrogen) atoms. The molecule has 1 N–H and O–H groups in total. The topological polar surface area (TPSA) is 71.0 Å². The van der Waals surface area contributed by atoms with Crippen molar-refractivity contribution in [3.05, 3.63) is 78.5 Å². The van der Waals surface area contributed by atoms with Crippen LogP contribution in [0.4, 0.5) is 0 Å². The van der Waals surface area contributed by atoms with E-state index < -0.39 is 0 Å². The van der Waals surface area contributed by atoms with Gasteiger partial charge in [-0.1, -0.05) is 18.2 Å². The zero-order chi connectivity index (χ0) is 19.2. The molecule has 2 aromatic heterocycles. The van der Waals surface area contributed by atoms with Gasteiger partial charge in [-0.2, -0.15) is 0 Å². The van der Waals surface area contributed by atoms with Crippen LogP contribution in [0.25, 0.3) is 11.3 Å². The minimum atomic E-state index is -0.0426. The zero-order valence-electron chi connectivity index (χ0n) is 15.7. The molecule has 1 aromatic carbocycles. The number of likely N-dealkylation sites (tertiary alicyclic amines) is 1. The fraction of sp³-hybridized carbons (Fsp3) is 0.273. The van der Waals surface area contributed by atoms with Crippen LogP contribution in [-0.4, -0.2) is 44.9 Å². The molecule has 3 heterocycles. The number of pyridine rings is 1. The zero-order valence-corrected chi connectivity index (χ0v) is 15.7. The summed E-state index contributed by atoms with van der Waals surface area (Å²) in [5.41, 5.74) is 3.50. The molecule has 1 aliphatic heterocycles. The number of hydrogen-bond donors (Lipinski definition) is 1. The Balaban J connectivity index is 1.39. The van der Waals surface area contributed by atoms with Gasteiger partial charge < -0.3 is 5.32 Å². The number of piperidine rings is 1. The molecule has 1 unspecified atom stereocenters. The van der Waals surface area contributed by atoms with Gasteiger partial charge in [0.25, 0.3) is 5.91 Å². The third-order valence-corrected chi connectivity index (χ3v) is 4.95. The van der Waals surface area contributed by atoms with Gasteiger partial charge in [-0.15, -0.1) is 0 Å². The fourth-order valence-corrected chi connectivity index (χ4v) is 3.60. The molecule has 0 spiro atoms. The van der Waals surface area contributed by atoms with Gasteiger partial charge in [0.2, 0.25) is 0 Å². The van der Waals surface area contributed by atoms with E-state index in [1.807, 2.05) is 36.5 Å². The highest BCUT2D eigenvalue weighted by atomic mass is 16.1. The second kappa shape index (κ2) is 8.71. The van der Waals surface area contributed by atoms with Crippen molar-refractivity contribution in [3.8, 4) is 11.3 Å². The molecule has 0 saturated carbocycles. The van der Waals surface area contributed by atoms with Gasteiger partial charge in [0, 0.05) is 55.0 Å². The average Bonchev–Trinajstić information content (AvgIpc) is 2.75. The van der Waals surface area contributed by atoms with Crippen LogP contribution in [-0.2, 0) is 6.54 Å². The standard InChI is InChI=1S/C22H23N5O/c28-22(19-6-1-5-18(12-19)21-14-24-9-10-25-21)26-20-7-3-11-27(16-20)15-17-4-2-8-23-13-17/h1-2,4-6,8-10,12-14,20H,3,7,11,15-16H2,(H,26,28). The van der Waals surface area contributed by atoms with Crippen LogP contribution in [0.2, 0.25) is 0 Å². The van der Waals surface area contributed by atoms with Gasteiger partial charge in [0.15, 0.2) is 0 Å². The average molecular weight is 373 g/mol. The summed E-state index contributed by atoms with van der Waals surface area (Å²) in [6, 6.07) is 11.7. The van der Waals surface area contributed by atoms with Gasteiger partial charge in [-0.3, -0.25) is 24.6 Å². The Kier molecular flexibility index (Phi) is 5.68. The van der Waals surface area contributed by atoms with Gasteiger partial charge in [-0.25, -0.2) is 0 Å². The van der Waals surface area contributed by atoms with Gasteiger partial charge in [0.1, 0.15) is 0 Å². The molecule has 0 aliphatic carbocycles. The third kappa shape index (κ3) is 4.58. The van der Waals surface area contributed by atoms with E-state index in [0.717, 1.165) is 43.7 Å². The highest BCUT2D eigenvalue weighted by molar-refractivity contribution is 5.95. The van der Waals surface area contributed by atoms with Crippen molar-refractivity contribution in [1.29, 1.82) is 0 Å². The Morgan fingerprint density at radius 1 is 1.11 bits per heavy atom. The number of benzene rings is 1. The molecular formula is C22H23N5O. The van der Waals surface area contributed by atoms with Crippen LogP contribution in [0.15, 0.2) is 67.4 Å². The van der Waals surface area contributed by atoms with Crippen LogP contribution in [0.5, 0.6) is 0 Å². The van der Waals surface area contributed by atoms with Crippen LogP contribution >= 0.6 is 0 Å². The smallest absolute Gasteiger partial charge is 0.251 e. The lowest BCUT2D eigenvalue weighted by molar-refractivity contribution is 0.0901. The summed E-state index contributed by atoms with van der Waals surface area (Å²) >= 11 is 0. The molecule has 1 amide bonds. The van der Waals surface area contributed by atoms with E-state index in [4.69, 9.17) is 0 Å². The first-order valence-corrected chi connectivity index (χ1v) is 9.56. The normalized spacial score (nSPS) is 17.2. The number of nitrogens with zero attached hydrogens (tertiary/aromatic N) is 4. The number of nitrogens with one attached hydrogen (secondary N) is 1. The lowest BCUT2D eigenvalue weighted by atomic mass is 10.0. The van der Waals surface area contributed by atoms with E-state index in [-0.39, 0.29) is 11.9 Å². The molecule has 0 bridgehead atoms. The summed E-state index contributed by atoms with van der Waals surface area (Å²) in [5.74, 6) is -0.0426. The molecule has 6 nitrogen and oxygen atoms in total. The molecule has 142 valence electrons. The molecule has 3 aromatic rings. The Bertz CT molecular complexity index is 916. The lowest BCUT2D eigenvalue weighted by Gasteiger charge is -2.33. The number of amides is 1. The largest absolute Gasteiger partial charge is 0.348 e. The molecule has 4 rings (SSSR count). The Morgan fingerprint density at radius 2 is 2.04 bits per heavy atom. The summed E-state index contributed by atoms with van der Waals surface area (Å²) < 4.78 is 0. The molecule has 0 radical (unpaired) electrons. The summed E-state index contributed by atoms with van der Waals surface area (Å²) in [5, 5.41) is 3.20. The molecule has 1 saturated heterocycles. The van der Waals surface area contributed by atoms with E-state index in [0.29, 0.717) is 5.56 Å². The maximum Gasteiger partial charge on any atom is 0.251 e. The fourth-order valence-electron chi connectivity index (χ4n) is 3.60. The SMILES string of the molecule is O=C(NC1CCCN(Cc2cccnc2)C1)c1cccc(-c2cnccn2)c1. The van der Waals surface area contributed by atoms with Crippen molar-refractivity contribution >= 4 is 5.91 Å². The van der Waals surface area contributed by atoms with Crippen LogP contribution < -0.4 is 5.32 Å². The van der Waals surface area contributed by atoms with E-state index in [2.05, 4.69) is 31.2 Å². The van der Waals surface area contributed by atoms with Crippen LogP contribution in [0, 0.1) is 0 Å². The number of rotatable bonds is 5. The van der Waals surface area contributed by atoms with Crippen molar-refractivity contribution in [2.75, 3.05) is 13.1 Å². The minimum absolute atomic E-state index is 0.0426. The van der Waals surface area contributed by atoms with Crippen molar-refractivity contribution < 1.29 is 4.79 Å². The minimum Gasteiger partial charge on any atom is -0.348 e. The maximum absolute atomic E-state index is 12.8. The quantitative estimate of drug-likeness (QED) is 0.745. The predicted molar refractivity (Wildman–Crippen MR) is 107 cm³/mol. The maximum atomic E-state index is 12.8. The lowest BCUT2D eigenvalue weighted by Crippen LogP contribution is -2.47. The first kappa shape index (κ1) is 18.3. The Hall–Kier alpha value is -3.12. The van der Waals surface area contributed by atoms with E-state index >= 15 is 0 Å². The number of aromatic nitrogens is 3. The Labute approximate surface area is 164 Å². The molecule has 6 heteroatoms. The monoisotopic (exact) mass is 373 g/mol. The van der Waals surface area contributed by atoms with Crippen molar-refractivity contribution in [1.82, 2.24) is 25.2 Å². The highest BCUT2D eigenvalue weighted by Crippen LogP contribution is 2.18. The molecule has 1 fully saturated rings. The number of carbonyl (C=O) groups is 1. The summed E-state index contributed by atoms with van der Waals surface area (Å²) in [6.45, 7) is 2.76. The third-order valence-electron chi connectivity index (χ3n) is 4.95. The molecule has 1 aliphatic rings. The summed E-state index contributed by atoms with van der Waals surface area (Å²) in [7, 11) is 0. The molecular weight excluding hydrogens is 350 g/mol. The van der Waals surface area contributed by atoms with Crippen LogP contribution in [0.1, 0.15) is 28.8 Å². The second-order valence-electron chi connectivity index (χ2n) is 7.08. The first-order chi connectivity index (χ1) is 13.8. The first-order valence-electron chi connectivity index (χ1n) is 9.56. The number of hydrogen-bond acceptors (Lipinski definition) is 5. The van der Waals surface area contributed by atoms with Crippen molar-refractivity contribution in [3.63, 3.8) is 0 Å². The van der Waals surface area contributed by atoms with E-state index in [1.54, 1.807) is 24.8 Å².